The van der Waals surface area contributed by atoms with Crippen molar-refractivity contribution < 1.29 is 28.6 Å². The number of carboxylic acids is 1. The number of carbonyl (C=O) groups excluding carboxylic acids is 1. The monoisotopic (exact) mass is 403 g/mol. The third-order valence-corrected chi connectivity index (χ3v) is 5.09. The molecule has 0 bridgehead atoms. The van der Waals surface area contributed by atoms with Gasteiger partial charge in [0.25, 0.3) is 5.91 Å². The zero-order valence-electron chi connectivity index (χ0n) is 14.8. The van der Waals surface area contributed by atoms with Crippen LogP contribution < -0.4 is 5.32 Å². The Morgan fingerprint density at radius 2 is 1.75 bits per heavy atom. The molecule has 0 aliphatic carbocycles. The highest BCUT2D eigenvalue weighted by molar-refractivity contribution is 7.15. The number of carboxylic acid groups (broad SMARTS) is 1. The zero-order valence-corrected chi connectivity index (χ0v) is 15.7. The van der Waals surface area contributed by atoms with Crippen molar-refractivity contribution in [3.05, 3.63) is 69.6 Å². The molecule has 3 aromatic rings. The van der Waals surface area contributed by atoms with Gasteiger partial charge < -0.3 is 15.5 Å². The van der Waals surface area contributed by atoms with E-state index in [1.165, 1.54) is 36.6 Å². The van der Waals surface area contributed by atoms with Crippen molar-refractivity contribution in [1.82, 2.24) is 0 Å². The lowest BCUT2D eigenvalue weighted by molar-refractivity contribution is 0.0699. The van der Waals surface area contributed by atoms with E-state index in [1.54, 1.807) is 13.0 Å². The van der Waals surface area contributed by atoms with Crippen LogP contribution in [0.5, 0.6) is 5.75 Å². The number of thiophene rings is 1. The van der Waals surface area contributed by atoms with Gasteiger partial charge in [-0.3, -0.25) is 4.79 Å². The standard InChI is InChI=1S/C20H15F2NO4S/c1-9-3-6-14(24)12(7-9)18(25)23-19-15(20(26)27)13(8-28-19)11-5-4-10(2)16(21)17(11)22/h3-8,24H,1-2H3,(H,23,25)(H,26,27). The number of anilines is 1. The van der Waals surface area contributed by atoms with Gasteiger partial charge in [0.05, 0.1) is 5.56 Å². The molecule has 3 rings (SSSR count). The summed E-state index contributed by atoms with van der Waals surface area (Å²) in [7, 11) is 0. The Hall–Kier alpha value is -3.26. The topological polar surface area (TPSA) is 86.6 Å². The molecule has 0 spiro atoms. The van der Waals surface area contributed by atoms with Crippen LogP contribution in [0, 0.1) is 25.5 Å². The molecule has 0 fully saturated rings. The van der Waals surface area contributed by atoms with Crippen molar-refractivity contribution in [2.75, 3.05) is 5.32 Å². The highest BCUT2D eigenvalue weighted by Crippen LogP contribution is 2.38. The van der Waals surface area contributed by atoms with Crippen molar-refractivity contribution in [3.8, 4) is 16.9 Å². The summed E-state index contributed by atoms with van der Waals surface area (Å²) in [5.74, 6) is -4.60. The minimum Gasteiger partial charge on any atom is -0.507 e. The van der Waals surface area contributed by atoms with Crippen LogP contribution >= 0.6 is 11.3 Å². The first kappa shape index (κ1) is 19.5. The smallest absolute Gasteiger partial charge is 0.339 e. The van der Waals surface area contributed by atoms with E-state index in [9.17, 15) is 28.6 Å². The van der Waals surface area contributed by atoms with Crippen molar-refractivity contribution in [1.29, 1.82) is 0 Å². The molecule has 0 aliphatic heterocycles. The molecule has 28 heavy (non-hydrogen) atoms. The molecule has 0 aliphatic rings. The summed E-state index contributed by atoms with van der Waals surface area (Å²) in [5, 5.41) is 23.2. The maximum Gasteiger partial charge on any atom is 0.339 e. The van der Waals surface area contributed by atoms with Crippen LogP contribution in [0.2, 0.25) is 0 Å². The molecule has 1 aromatic heterocycles. The molecule has 0 atom stereocenters. The van der Waals surface area contributed by atoms with Crippen LogP contribution in [0.25, 0.3) is 11.1 Å². The first-order chi connectivity index (χ1) is 13.2. The van der Waals surface area contributed by atoms with Gasteiger partial charge in [0.1, 0.15) is 16.3 Å². The summed E-state index contributed by atoms with van der Waals surface area (Å²) < 4.78 is 28.3. The van der Waals surface area contributed by atoms with Gasteiger partial charge in [-0.1, -0.05) is 23.8 Å². The van der Waals surface area contributed by atoms with E-state index >= 15 is 0 Å². The SMILES string of the molecule is Cc1ccc(O)c(C(=O)Nc2scc(-c3ccc(C)c(F)c3F)c2C(=O)O)c1. The van der Waals surface area contributed by atoms with E-state index in [4.69, 9.17) is 0 Å². The third kappa shape index (κ3) is 3.46. The van der Waals surface area contributed by atoms with E-state index < -0.39 is 23.5 Å². The summed E-state index contributed by atoms with van der Waals surface area (Å²) >= 11 is 0.868. The fourth-order valence-corrected chi connectivity index (χ4v) is 3.66. The van der Waals surface area contributed by atoms with Crippen molar-refractivity contribution >= 4 is 28.2 Å². The zero-order chi connectivity index (χ0) is 20.6. The van der Waals surface area contributed by atoms with Crippen LogP contribution in [-0.4, -0.2) is 22.1 Å². The molecule has 1 amide bonds. The lowest BCUT2D eigenvalue weighted by Gasteiger charge is -2.09. The number of hydrogen-bond acceptors (Lipinski definition) is 4. The molecular formula is C20H15F2NO4S. The number of amides is 1. The van der Waals surface area contributed by atoms with E-state index in [0.29, 0.717) is 0 Å². The summed E-state index contributed by atoms with van der Waals surface area (Å²) in [6.07, 6.45) is 0. The molecule has 0 unspecified atom stereocenters. The molecule has 144 valence electrons. The van der Waals surface area contributed by atoms with Crippen molar-refractivity contribution in [2.45, 2.75) is 13.8 Å². The molecule has 5 nitrogen and oxygen atoms in total. The number of phenolic OH excluding ortho intramolecular Hbond substituents is 1. The number of carbonyl (C=O) groups is 2. The summed E-state index contributed by atoms with van der Waals surface area (Å²) in [6, 6.07) is 7.06. The van der Waals surface area contributed by atoms with Crippen LogP contribution in [0.3, 0.4) is 0 Å². The van der Waals surface area contributed by atoms with Gasteiger partial charge in [-0.2, -0.15) is 0 Å². The average Bonchev–Trinajstić information content (AvgIpc) is 3.05. The molecule has 2 aromatic carbocycles. The third-order valence-electron chi connectivity index (χ3n) is 4.19. The largest absolute Gasteiger partial charge is 0.507 e. The number of aromatic carboxylic acids is 1. The molecule has 0 saturated heterocycles. The second-order valence-electron chi connectivity index (χ2n) is 6.19. The summed E-state index contributed by atoms with van der Waals surface area (Å²) in [4.78, 5) is 24.3. The average molecular weight is 403 g/mol. The maximum atomic E-state index is 14.3. The molecule has 0 saturated carbocycles. The number of phenols is 1. The van der Waals surface area contributed by atoms with E-state index in [-0.39, 0.29) is 38.6 Å². The highest BCUT2D eigenvalue weighted by Gasteiger charge is 2.25. The lowest BCUT2D eigenvalue weighted by Crippen LogP contribution is -2.14. The van der Waals surface area contributed by atoms with Crippen LogP contribution in [0.15, 0.2) is 35.7 Å². The van der Waals surface area contributed by atoms with Gasteiger partial charge in [-0.25, -0.2) is 13.6 Å². The van der Waals surface area contributed by atoms with Gasteiger partial charge >= 0.3 is 5.97 Å². The number of nitrogens with one attached hydrogen (secondary N) is 1. The Labute approximate surface area is 162 Å². The Morgan fingerprint density at radius 1 is 1.04 bits per heavy atom. The number of aryl methyl sites for hydroxylation is 2. The van der Waals surface area contributed by atoms with Crippen molar-refractivity contribution in [2.24, 2.45) is 0 Å². The van der Waals surface area contributed by atoms with E-state index in [1.807, 2.05) is 0 Å². The van der Waals surface area contributed by atoms with Crippen LogP contribution in [-0.2, 0) is 0 Å². The van der Waals surface area contributed by atoms with Gasteiger partial charge in [-0.05, 0) is 31.5 Å². The number of benzene rings is 2. The number of halogens is 2. The Balaban J connectivity index is 2.05. The molecule has 3 N–H and O–H groups in total. The predicted molar refractivity (Wildman–Crippen MR) is 102 cm³/mol. The molecule has 1 heterocycles. The fourth-order valence-electron chi connectivity index (χ4n) is 2.72. The summed E-state index contributed by atoms with van der Waals surface area (Å²) in [5.41, 5.74) is 0.182. The predicted octanol–water partition coefficient (Wildman–Crippen LogP) is 4.97. The van der Waals surface area contributed by atoms with Crippen LogP contribution in [0.4, 0.5) is 13.8 Å². The van der Waals surface area contributed by atoms with Gasteiger partial charge in [0.15, 0.2) is 11.6 Å². The number of aromatic hydroxyl groups is 1. The first-order valence-electron chi connectivity index (χ1n) is 8.11. The summed E-state index contributed by atoms with van der Waals surface area (Å²) in [6.45, 7) is 3.13. The maximum absolute atomic E-state index is 14.3. The minimum atomic E-state index is -1.40. The minimum absolute atomic E-state index is 0.0288. The Morgan fingerprint density at radius 3 is 2.43 bits per heavy atom. The fraction of sp³-hybridized carbons (Fsp3) is 0.100. The first-order valence-corrected chi connectivity index (χ1v) is 8.99. The second-order valence-corrected chi connectivity index (χ2v) is 7.07. The number of rotatable bonds is 4. The second kappa shape index (κ2) is 7.40. The van der Waals surface area contributed by atoms with Gasteiger partial charge in [0.2, 0.25) is 0 Å². The van der Waals surface area contributed by atoms with Crippen molar-refractivity contribution in [3.63, 3.8) is 0 Å². The van der Waals surface area contributed by atoms with E-state index in [0.717, 1.165) is 16.9 Å². The van der Waals surface area contributed by atoms with Crippen LogP contribution in [0.1, 0.15) is 31.8 Å². The van der Waals surface area contributed by atoms with Gasteiger partial charge in [0, 0.05) is 16.5 Å². The molecule has 0 radical (unpaired) electrons. The number of hydrogen-bond donors (Lipinski definition) is 3. The molecule has 8 heteroatoms. The quantitative estimate of drug-likeness (QED) is 0.574. The Bertz CT molecular complexity index is 1110. The molecular weight excluding hydrogens is 388 g/mol. The highest BCUT2D eigenvalue weighted by atomic mass is 32.1. The Kier molecular flexibility index (Phi) is 5.15. The lowest BCUT2D eigenvalue weighted by atomic mass is 10.0. The normalized spacial score (nSPS) is 10.7. The van der Waals surface area contributed by atoms with Gasteiger partial charge in [-0.15, -0.1) is 11.3 Å². The van der Waals surface area contributed by atoms with E-state index in [2.05, 4.69) is 5.32 Å².